The molecule has 0 aromatic heterocycles. The van der Waals surface area contributed by atoms with E-state index in [1.54, 1.807) is 36.4 Å². The van der Waals surface area contributed by atoms with Crippen LogP contribution >= 0.6 is 0 Å². The molecular weight excluding hydrogens is 532 g/mol. The number of ketones is 3. The maximum absolute atomic E-state index is 14.2. The number of phenols is 1. The molecule has 2 aromatic carbocycles. The summed E-state index contributed by atoms with van der Waals surface area (Å²) in [6.07, 6.45) is -0.180. The Kier molecular flexibility index (Phi) is 6.49. The second kappa shape index (κ2) is 9.51. The number of carbonyl (C=O) groups excluding carboxylic acids is 4. The van der Waals surface area contributed by atoms with E-state index >= 15 is 0 Å². The lowest BCUT2D eigenvalue weighted by Crippen LogP contribution is -2.70. The van der Waals surface area contributed by atoms with Crippen molar-refractivity contribution >= 4 is 40.7 Å². The summed E-state index contributed by atoms with van der Waals surface area (Å²) in [6, 6.07) is 9.33. The van der Waals surface area contributed by atoms with Crippen LogP contribution in [0.1, 0.15) is 34.0 Å². The molecule has 41 heavy (non-hydrogen) atoms. The second-order valence-electron chi connectivity index (χ2n) is 10.7. The number of nitrogens with zero attached hydrogens (tertiary/aromatic N) is 1. The number of primary amides is 1. The zero-order valence-corrected chi connectivity index (χ0v) is 22.3. The number of nitrogens with two attached hydrogens (primary N) is 1. The van der Waals surface area contributed by atoms with Gasteiger partial charge in [-0.2, -0.15) is 0 Å². The summed E-state index contributed by atoms with van der Waals surface area (Å²) in [7, 11) is 2.87. The molecule has 212 valence electrons. The van der Waals surface area contributed by atoms with Gasteiger partial charge in [0.2, 0.25) is 5.78 Å². The quantitative estimate of drug-likeness (QED) is 0.233. The molecule has 1 amide bonds. The number of rotatable bonds is 4. The fourth-order valence-electron chi connectivity index (χ4n) is 6.30. The number of aliphatic hydroxyl groups excluding tert-OH is 3. The molecular formula is C30H28N2O9. The zero-order chi connectivity index (χ0) is 30.1. The van der Waals surface area contributed by atoms with Crippen LogP contribution in [0.3, 0.4) is 0 Å². The van der Waals surface area contributed by atoms with Crippen LogP contribution in [0, 0.1) is 11.8 Å². The van der Waals surface area contributed by atoms with E-state index in [-0.39, 0.29) is 22.5 Å². The molecule has 0 bridgehead atoms. The highest BCUT2D eigenvalue weighted by Gasteiger charge is 2.68. The van der Waals surface area contributed by atoms with Gasteiger partial charge in [0.25, 0.3) is 5.91 Å². The fraction of sp³-hybridized carbons (Fsp3) is 0.267. The van der Waals surface area contributed by atoms with E-state index in [1.165, 1.54) is 38.1 Å². The number of hydrogen-bond donors (Lipinski definition) is 6. The highest BCUT2D eigenvalue weighted by Crippen LogP contribution is 2.56. The molecule has 0 spiro atoms. The van der Waals surface area contributed by atoms with Gasteiger partial charge in [0.1, 0.15) is 22.8 Å². The number of Topliss-reactive ketones (excluding diaryl/α,β-unsaturated/α-hetero) is 3. The van der Waals surface area contributed by atoms with Gasteiger partial charge in [-0.1, -0.05) is 42.5 Å². The van der Waals surface area contributed by atoms with Gasteiger partial charge in [0.15, 0.2) is 17.2 Å². The van der Waals surface area contributed by atoms with Crippen LogP contribution in [0.5, 0.6) is 5.75 Å². The highest BCUT2D eigenvalue weighted by molar-refractivity contribution is 6.25. The Balaban J connectivity index is 1.83. The predicted octanol–water partition coefficient (Wildman–Crippen LogP) is 1.14. The van der Waals surface area contributed by atoms with Crippen LogP contribution in [0.2, 0.25) is 0 Å². The van der Waals surface area contributed by atoms with Crippen molar-refractivity contribution in [1.29, 1.82) is 0 Å². The maximum atomic E-state index is 14.2. The van der Waals surface area contributed by atoms with Crippen molar-refractivity contribution in [3.8, 4) is 5.75 Å². The maximum Gasteiger partial charge on any atom is 0.255 e. The monoisotopic (exact) mass is 560 g/mol. The summed E-state index contributed by atoms with van der Waals surface area (Å²) in [5.74, 6) is -9.27. The smallest absolute Gasteiger partial charge is 0.255 e. The van der Waals surface area contributed by atoms with E-state index in [9.17, 15) is 44.7 Å². The molecule has 2 aromatic rings. The molecule has 1 saturated carbocycles. The van der Waals surface area contributed by atoms with Gasteiger partial charge >= 0.3 is 0 Å². The first-order valence-corrected chi connectivity index (χ1v) is 12.7. The third-order valence-electron chi connectivity index (χ3n) is 8.17. The lowest BCUT2D eigenvalue weighted by molar-refractivity contribution is -0.166. The van der Waals surface area contributed by atoms with Crippen LogP contribution in [-0.2, 0) is 14.4 Å². The molecule has 11 nitrogen and oxygen atoms in total. The number of amides is 1. The Labute approximate surface area is 234 Å². The number of carbonyl (C=O) groups is 4. The van der Waals surface area contributed by atoms with E-state index in [0.717, 1.165) is 0 Å². The standard InChI is InChI=1S/C30H28N2O9/c1-12(33)14-9-7-13(8-10-14)11-16-15-5-4-6-17(34)18(15)24(35)20-19(16)25(36)22-23(32(2)3)26(37)21(29(31)40)28(39)30(22,41)27(20)38/h4-11,19,22-23,25,34-36,39,41H,1-3H3,(H2,31,40)/b16-11+/t19-,22-,23+,25+,30+/m0/s1. The van der Waals surface area contributed by atoms with Crippen molar-refractivity contribution in [2.45, 2.75) is 24.7 Å². The van der Waals surface area contributed by atoms with Gasteiger partial charge in [-0.25, -0.2) is 0 Å². The zero-order valence-electron chi connectivity index (χ0n) is 22.3. The van der Waals surface area contributed by atoms with E-state index in [0.29, 0.717) is 11.1 Å². The minimum atomic E-state index is -3.01. The lowest BCUT2D eigenvalue weighted by Gasteiger charge is -2.53. The van der Waals surface area contributed by atoms with Crippen LogP contribution in [0.25, 0.3) is 17.4 Å². The minimum Gasteiger partial charge on any atom is -0.508 e. The Morgan fingerprint density at radius 2 is 1.66 bits per heavy atom. The number of fused-ring (bicyclic) bond motifs is 3. The molecule has 5 atom stereocenters. The van der Waals surface area contributed by atoms with Crippen molar-refractivity contribution in [1.82, 2.24) is 4.90 Å². The molecule has 5 rings (SSSR count). The van der Waals surface area contributed by atoms with Crippen LogP contribution in [0.15, 0.2) is 59.4 Å². The van der Waals surface area contributed by atoms with Gasteiger partial charge in [0.05, 0.1) is 29.2 Å². The predicted molar refractivity (Wildman–Crippen MR) is 146 cm³/mol. The molecule has 0 heterocycles. The Hall–Kier alpha value is -4.58. The van der Waals surface area contributed by atoms with Gasteiger partial charge < -0.3 is 31.3 Å². The van der Waals surface area contributed by atoms with Gasteiger partial charge in [-0.3, -0.25) is 24.1 Å². The van der Waals surface area contributed by atoms with Crippen LogP contribution in [0.4, 0.5) is 0 Å². The summed E-state index contributed by atoms with van der Waals surface area (Å²) < 4.78 is 0. The average Bonchev–Trinajstić information content (AvgIpc) is 2.90. The number of benzene rings is 2. The summed E-state index contributed by atoms with van der Waals surface area (Å²) >= 11 is 0. The third kappa shape index (κ3) is 3.85. The second-order valence-corrected chi connectivity index (χ2v) is 10.7. The van der Waals surface area contributed by atoms with Crippen LogP contribution < -0.4 is 5.73 Å². The van der Waals surface area contributed by atoms with E-state index < -0.39 is 75.5 Å². The van der Waals surface area contributed by atoms with E-state index in [2.05, 4.69) is 0 Å². The molecule has 0 unspecified atom stereocenters. The normalized spacial score (nSPS) is 28.5. The summed E-state index contributed by atoms with van der Waals surface area (Å²) in [6.45, 7) is 1.42. The Bertz CT molecular complexity index is 1630. The first kappa shape index (κ1) is 28.0. The molecule has 0 aliphatic heterocycles. The van der Waals surface area contributed by atoms with Crippen molar-refractivity contribution in [2.24, 2.45) is 17.6 Å². The third-order valence-corrected chi connectivity index (χ3v) is 8.17. The average molecular weight is 561 g/mol. The lowest BCUT2D eigenvalue weighted by atomic mass is 9.55. The van der Waals surface area contributed by atoms with Gasteiger partial charge in [-0.05, 0) is 43.8 Å². The summed E-state index contributed by atoms with van der Waals surface area (Å²) in [4.78, 5) is 52.8. The number of aliphatic hydroxyl groups is 4. The summed E-state index contributed by atoms with van der Waals surface area (Å²) in [5.41, 5.74) is 2.20. The largest absolute Gasteiger partial charge is 0.508 e. The number of hydrogen-bond acceptors (Lipinski definition) is 10. The van der Waals surface area contributed by atoms with Crippen molar-refractivity contribution in [3.63, 3.8) is 0 Å². The molecule has 7 N–H and O–H groups in total. The van der Waals surface area contributed by atoms with Crippen LogP contribution in [-0.4, -0.2) is 85.5 Å². The molecule has 11 heteroatoms. The van der Waals surface area contributed by atoms with Crippen molar-refractivity contribution in [3.05, 3.63) is 81.6 Å². The molecule has 0 saturated heterocycles. The Morgan fingerprint density at radius 3 is 2.22 bits per heavy atom. The fourth-order valence-corrected chi connectivity index (χ4v) is 6.30. The first-order valence-electron chi connectivity index (χ1n) is 12.7. The summed E-state index contributed by atoms with van der Waals surface area (Å²) in [5, 5.41) is 56.8. The molecule has 3 aliphatic rings. The highest BCUT2D eigenvalue weighted by atomic mass is 16.4. The Morgan fingerprint density at radius 1 is 1.02 bits per heavy atom. The molecule has 3 aliphatic carbocycles. The SMILES string of the molecule is CC(=O)c1ccc(/C=C2\c3cccc(O)c3C(O)=C3C(=O)[C@@]4(O)C(O)=C(C(N)=O)C(=O)[C@H](N(C)C)[C@H]4[C@H](O)[C@H]32)cc1. The molecule has 0 radical (unpaired) electrons. The van der Waals surface area contributed by atoms with Gasteiger partial charge in [0, 0.05) is 11.5 Å². The topological polar surface area (TPSA) is 199 Å². The molecule has 1 fully saturated rings. The van der Waals surface area contributed by atoms with Crippen molar-refractivity contribution in [2.75, 3.05) is 14.1 Å². The van der Waals surface area contributed by atoms with E-state index in [1.807, 2.05) is 0 Å². The van der Waals surface area contributed by atoms with E-state index in [4.69, 9.17) is 5.73 Å². The number of likely N-dealkylation sites (N-methyl/N-ethyl adjacent to an activating group) is 1. The number of phenolic OH excluding ortho intramolecular Hbond substituents is 1. The van der Waals surface area contributed by atoms with Crippen molar-refractivity contribution < 1.29 is 44.7 Å². The number of aromatic hydroxyl groups is 1. The first-order chi connectivity index (χ1) is 19.2. The van der Waals surface area contributed by atoms with Gasteiger partial charge in [-0.15, -0.1) is 0 Å². The minimum absolute atomic E-state index is 0.150.